The van der Waals surface area contributed by atoms with Crippen LogP contribution < -0.4 is 9.47 Å². The molecule has 1 aromatic heterocycles. The molecular weight excluding hydrogens is 362 g/mol. The van der Waals surface area contributed by atoms with Crippen molar-refractivity contribution in [2.45, 2.75) is 25.7 Å². The van der Waals surface area contributed by atoms with E-state index >= 15 is 0 Å². The summed E-state index contributed by atoms with van der Waals surface area (Å²) in [7, 11) is 4.71. The second kappa shape index (κ2) is 8.48. The van der Waals surface area contributed by atoms with Crippen molar-refractivity contribution < 1.29 is 28.5 Å². The van der Waals surface area contributed by atoms with Crippen LogP contribution in [0.4, 0.5) is 0 Å². The SMILES string of the molecule is COCCOC(=O)c1[nH]c2c(c1C)C(=O)C[C@H](c1ccc(OC)c(OC)c1)C2. The summed E-state index contributed by atoms with van der Waals surface area (Å²) in [5, 5.41) is 0. The van der Waals surface area contributed by atoms with E-state index in [1.54, 1.807) is 28.3 Å². The van der Waals surface area contributed by atoms with Gasteiger partial charge in [-0.1, -0.05) is 6.07 Å². The van der Waals surface area contributed by atoms with Gasteiger partial charge in [0.05, 0.1) is 20.8 Å². The van der Waals surface area contributed by atoms with Gasteiger partial charge in [0.1, 0.15) is 12.3 Å². The summed E-state index contributed by atoms with van der Waals surface area (Å²) in [4.78, 5) is 28.3. The third kappa shape index (κ3) is 3.75. The fraction of sp³-hybridized carbons (Fsp3) is 0.429. The lowest BCUT2D eigenvalue weighted by molar-refractivity contribution is 0.0381. The Morgan fingerprint density at radius 2 is 1.86 bits per heavy atom. The number of methoxy groups -OCH3 is 3. The number of carbonyl (C=O) groups excluding carboxylic acids is 2. The van der Waals surface area contributed by atoms with E-state index in [0.29, 0.717) is 47.8 Å². The Hall–Kier alpha value is -2.80. The third-order valence-electron chi connectivity index (χ3n) is 5.09. The van der Waals surface area contributed by atoms with Crippen LogP contribution in [0.25, 0.3) is 0 Å². The number of rotatable bonds is 7. The molecule has 1 aliphatic carbocycles. The Bertz CT molecular complexity index is 885. The number of nitrogens with one attached hydrogen (secondary N) is 1. The van der Waals surface area contributed by atoms with Crippen LogP contribution in [0, 0.1) is 6.92 Å². The molecule has 7 heteroatoms. The molecule has 1 aromatic carbocycles. The standard InChI is InChI=1S/C21H25NO6/c1-12-19-15(22-20(12)21(24)28-8-7-25-2)9-14(10-16(19)23)13-5-6-17(26-3)18(11-13)27-4/h5-6,11,14,22H,7-10H2,1-4H3/t14-/m1/s1. The van der Waals surface area contributed by atoms with Crippen molar-refractivity contribution in [3.05, 3.63) is 46.3 Å². The Kier molecular flexibility index (Phi) is 6.04. The molecule has 0 unspecified atom stereocenters. The quantitative estimate of drug-likeness (QED) is 0.580. The molecular formula is C21H25NO6. The van der Waals surface area contributed by atoms with Crippen LogP contribution in [0.1, 0.15) is 50.0 Å². The second-order valence-corrected chi connectivity index (χ2v) is 6.75. The smallest absolute Gasteiger partial charge is 0.355 e. The molecule has 150 valence electrons. The number of hydrogen-bond donors (Lipinski definition) is 1. The van der Waals surface area contributed by atoms with Crippen LogP contribution in [0.5, 0.6) is 11.5 Å². The lowest BCUT2D eigenvalue weighted by atomic mass is 9.81. The van der Waals surface area contributed by atoms with Gasteiger partial charge in [-0.05, 0) is 42.5 Å². The number of esters is 1. The van der Waals surface area contributed by atoms with Gasteiger partial charge in [0.25, 0.3) is 0 Å². The molecule has 0 saturated heterocycles. The predicted octanol–water partition coefficient (Wildman–Crippen LogP) is 3.06. The molecule has 0 radical (unpaired) electrons. The fourth-order valence-corrected chi connectivity index (χ4v) is 3.67. The number of carbonyl (C=O) groups is 2. The Labute approximate surface area is 163 Å². The predicted molar refractivity (Wildman–Crippen MR) is 103 cm³/mol. The lowest BCUT2D eigenvalue weighted by Crippen LogP contribution is -2.18. The number of aromatic nitrogens is 1. The second-order valence-electron chi connectivity index (χ2n) is 6.75. The highest BCUT2D eigenvalue weighted by molar-refractivity contribution is 6.03. The maximum absolute atomic E-state index is 12.8. The van der Waals surface area contributed by atoms with Gasteiger partial charge < -0.3 is 23.9 Å². The number of ketones is 1. The average Bonchev–Trinajstić information content (AvgIpc) is 3.04. The highest BCUT2D eigenvalue weighted by Gasteiger charge is 2.32. The van der Waals surface area contributed by atoms with Gasteiger partial charge in [-0.15, -0.1) is 0 Å². The number of fused-ring (bicyclic) bond motifs is 1. The van der Waals surface area contributed by atoms with E-state index in [9.17, 15) is 9.59 Å². The van der Waals surface area contributed by atoms with Crippen molar-refractivity contribution in [3.63, 3.8) is 0 Å². The number of benzene rings is 1. The maximum Gasteiger partial charge on any atom is 0.355 e. The molecule has 0 fully saturated rings. The summed E-state index contributed by atoms with van der Waals surface area (Å²) in [6, 6.07) is 5.68. The molecule has 1 aliphatic rings. The first-order valence-electron chi connectivity index (χ1n) is 9.12. The van der Waals surface area contributed by atoms with E-state index in [0.717, 1.165) is 11.3 Å². The monoisotopic (exact) mass is 387 g/mol. The number of ether oxygens (including phenoxy) is 4. The molecule has 0 aliphatic heterocycles. The van der Waals surface area contributed by atoms with Crippen molar-refractivity contribution in [2.24, 2.45) is 0 Å². The normalized spacial score (nSPS) is 15.9. The molecule has 7 nitrogen and oxygen atoms in total. The van der Waals surface area contributed by atoms with Gasteiger partial charge in [0.2, 0.25) is 0 Å². The summed E-state index contributed by atoms with van der Waals surface area (Å²) in [6.45, 7) is 2.27. The van der Waals surface area contributed by atoms with Crippen molar-refractivity contribution >= 4 is 11.8 Å². The Balaban J connectivity index is 1.86. The van der Waals surface area contributed by atoms with E-state index in [4.69, 9.17) is 18.9 Å². The van der Waals surface area contributed by atoms with Gasteiger partial charge >= 0.3 is 5.97 Å². The van der Waals surface area contributed by atoms with Gasteiger partial charge in [-0.2, -0.15) is 0 Å². The van der Waals surface area contributed by atoms with Crippen molar-refractivity contribution in [1.82, 2.24) is 4.98 Å². The zero-order valence-corrected chi connectivity index (χ0v) is 16.6. The van der Waals surface area contributed by atoms with Crippen LogP contribution in [-0.2, 0) is 15.9 Å². The molecule has 0 saturated carbocycles. The number of H-pyrrole nitrogens is 1. The average molecular weight is 387 g/mol. The van der Waals surface area contributed by atoms with Crippen LogP contribution in [-0.4, -0.2) is 51.3 Å². The zero-order chi connectivity index (χ0) is 20.3. The van der Waals surface area contributed by atoms with Crippen LogP contribution in [0.2, 0.25) is 0 Å². The molecule has 0 spiro atoms. The highest BCUT2D eigenvalue weighted by atomic mass is 16.6. The molecule has 1 N–H and O–H groups in total. The largest absolute Gasteiger partial charge is 0.493 e. The molecule has 1 heterocycles. The minimum Gasteiger partial charge on any atom is -0.493 e. The van der Waals surface area contributed by atoms with Crippen molar-refractivity contribution in [3.8, 4) is 11.5 Å². The van der Waals surface area contributed by atoms with E-state index in [2.05, 4.69) is 4.98 Å². The lowest BCUT2D eigenvalue weighted by Gasteiger charge is -2.23. The summed E-state index contributed by atoms with van der Waals surface area (Å²) < 4.78 is 20.7. The first-order valence-corrected chi connectivity index (χ1v) is 9.12. The van der Waals surface area contributed by atoms with E-state index < -0.39 is 5.97 Å². The van der Waals surface area contributed by atoms with E-state index in [1.807, 2.05) is 18.2 Å². The van der Waals surface area contributed by atoms with Gasteiger partial charge in [-0.3, -0.25) is 4.79 Å². The Morgan fingerprint density at radius 3 is 2.54 bits per heavy atom. The van der Waals surface area contributed by atoms with E-state index in [1.165, 1.54) is 0 Å². The summed E-state index contributed by atoms with van der Waals surface area (Å²) in [6.07, 6.45) is 1.00. The van der Waals surface area contributed by atoms with Crippen molar-refractivity contribution in [2.75, 3.05) is 34.5 Å². The number of hydrogen-bond acceptors (Lipinski definition) is 6. The highest BCUT2D eigenvalue weighted by Crippen LogP contribution is 2.38. The number of aromatic amines is 1. The molecule has 0 amide bonds. The summed E-state index contributed by atoms with van der Waals surface area (Å²) >= 11 is 0. The zero-order valence-electron chi connectivity index (χ0n) is 16.6. The first-order chi connectivity index (χ1) is 13.5. The minimum atomic E-state index is -0.473. The molecule has 28 heavy (non-hydrogen) atoms. The topological polar surface area (TPSA) is 86.9 Å². The van der Waals surface area contributed by atoms with E-state index in [-0.39, 0.29) is 18.3 Å². The maximum atomic E-state index is 12.8. The molecule has 1 atom stereocenters. The fourth-order valence-electron chi connectivity index (χ4n) is 3.67. The van der Waals surface area contributed by atoms with Crippen LogP contribution in [0.3, 0.4) is 0 Å². The van der Waals surface area contributed by atoms with Crippen LogP contribution in [0.15, 0.2) is 18.2 Å². The van der Waals surface area contributed by atoms with Gasteiger partial charge in [0.15, 0.2) is 17.3 Å². The molecule has 3 rings (SSSR count). The third-order valence-corrected chi connectivity index (χ3v) is 5.09. The molecule has 0 bridgehead atoms. The summed E-state index contributed by atoms with van der Waals surface area (Å²) in [5.74, 6) is 0.814. The minimum absolute atomic E-state index is 0.00443. The molecule has 2 aromatic rings. The summed E-state index contributed by atoms with van der Waals surface area (Å²) in [5.41, 5.74) is 3.35. The number of Topliss-reactive ketones (excluding diaryl/α,β-unsaturated/α-hetero) is 1. The van der Waals surface area contributed by atoms with Gasteiger partial charge in [0, 0.05) is 24.8 Å². The van der Waals surface area contributed by atoms with Gasteiger partial charge in [-0.25, -0.2) is 4.79 Å². The Morgan fingerprint density at radius 1 is 1.11 bits per heavy atom. The van der Waals surface area contributed by atoms with Crippen LogP contribution >= 0.6 is 0 Å². The van der Waals surface area contributed by atoms with Crippen molar-refractivity contribution in [1.29, 1.82) is 0 Å². The first kappa shape index (κ1) is 19.9.